The minimum absolute atomic E-state index is 0.205. The van der Waals surface area contributed by atoms with Crippen molar-refractivity contribution in [1.29, 1.82) is 0 Å². The van der Waals surface area contributed by atoms with Crippen LogP contribution in [0.2, 0.25) is 0 Å². The highest BCUT2D eigenvalue weighted by molar-refractivity contribution is 5.94. The summed E-state index contributed by atoms with van der Waals surface area (Å²) in [6.07, 6.45) is 3.45. The number of nitrogens with one attached hydrogen (secondary N) is 3. The van der Waals surface area contributed by atoms with Crippen molar-refractivity contribution in [2.24, 2.45) is 0 Å². The summed E-state index contributed by atoms with van der Waals surface area (Å²) >= 11 is 0. The number of H-pyrrole nitrogens is 1. The first-order valence-electron chi connectivity index (χ1n) is 10.8. The molecular formula is C25H23N5O4. The molecule has 2 aromatic heterocycles. The largest absolute Gasteiger partial charge is 0.454 e. The van der Waals surface area contributed by atoms with Crippen molar-refractivity contribution in [2.75, 3.05) is 18.7 Å². The van der Waals surface area contributed by atoms with E-state index in [1.165, 1.54) is 0 Å². The van der Waals surface area contributed by atoms with E-state index in [1.54, 1.807) is 18.5 Å². The van der Waals surface area contributed by atoms with E-state index in [0.29, 0.717) is 28.8 Å². The lowest BCUT2D eigenvalue weighted by molar-refractivity contribution is 0.0911. The molecule has 0 bridgehead atoms. The third kappa shape index (κ3) is 4.41. The van der Waals surface area contributed by atoms with Crippen molar-refractivity contribution >= 4 is 17.5 Å². The number of ether oxygens (including phenoxy) is 2. The number of carbonyl (C=O) groups excluding carboxylic acids is 1. The van der Waals surface area contributed by atoms with Gasteiger partial charge in [0.15, 0.2) is 11.5 Å². The van der Waals surface area contributed by atoms with Crippen molar-refractivity contribution in [3.8, 4) is 22.8 Å². The normalized spacial score (nSPS) is 12.9. The summed E-state index contributed by atoms with van der Waals surface area (Å²) in [7, 11) is 0. The van der Waals surface area contributed by atoms with Gasteiger partial charge in [-0.05, 0) is 36.2 Å². The molecule has 172 valence electrons. The standard InChI is InChI=1S/C25H23N5O4/c1-15-11-27-25(28-18-7-8-21-22(10-18)34-14-33-21)30-23(15)17-9-19(26-12-17)24(32)29-20(13-31)16-5-3-2-4-6-16/h2-12,20,26,31H,13-14H2,1H3,(H,29,32)(H,27,28,30). The number of rotatable bonds is 7. The van der Waals surface area contributed by atoms with E-state index in [0.717, 1.165) is 22.4 Å². The Balaban J connectivity index is 1.33. The lowest BCUT2D eigenvalue weighted by atomic mass is 10.1. The molecule has 3 heterocycles. The fourth-order valence-corrected chi connectivity index (χ4v) is 3.72. The Morgan fingerprint density at radius 2 is 1.97 bits per heavy atom. The van der Waals surface area contributed by atoms with Crippen molar-refractivity contribution in [3.63, 3.8) is 0 Å². The lowest BCUT2D eigenvalue weighted by Gasteiger charge is -2.16. The summed E-state index contributed by atoms with van der Waals surface area (Å²) in [6, 6.07) is 16.1. The second kappa shape index (κ2) is 9.24. The van der Waals surface area contributed by atoms with Crippen molar-refractivity contribution in [3.05, 3.63) is 83.8 Å². The Morgan fingerprint density at radius 1 is 1.15 bits per heavy atom. The fraction of sp³-hybridized carbons (Fsp3) is 0.160. The van der Waals surface area contributed by atoms with Crippen LogP contribution in [-0.4, -0.2) is 39.4 Å². The van der Waals surface area contributed by atoms with Gasteiger partial charge in [-0.25, -0.2) is 9.97 Å². The molecule has 0 aliphatic carbocycles. The van der Waals surface area contributed by atoms with Crippen LogP contribution in [0.15, 0.2) is 67.0 Å². The summed E-state index contributed by atoms with van der Waals surface area (Å²) in [5, 5.41) is 15.8. The van der Waals surface area contributed by atoms with Gasteiger partial charge in [-0.2, -0.15) is 0 Å². The van der Waals surface area contributed by atoms with Gasteiger partial charge in [-0.1, -0.05) is 30.3 Å². The summed E-state index contributed by atoms with van der Waals surface area (Å²) < 4.78 is 10.8. The summed E-state index contributed by atoms with van der Waals surface area (Å²) in [5.41, 5.74) is 4.27. The minimum Gasteiger partial charge on any atom is -0.454 e. The Hall–Kier alpha value is -4.37. The van der Waals surface area contributed by atoms with Crippen LogP contribution >= 0.6 is 0 Å². The van der Waals surface area contributed by atoms with Crippen LogP contribution < -0.4 is 20.1 Å². The fourth-order valence-electron chi connectivity index (χ4n) is 3.72. The number of aryl methyl sites for hydroxylation is 1. The molecule has 4 aromatic rings. The Kier molecular flexibility index (Phi) is 5.84. The highest BCUT2D eigenvalue weighted by Gasteiger charge is 2.18. The van der Waals surface area contributed by atoms with E-state index in [-0.39, 0.29) is 19.3 Å². The maximum absolute atomic E-state index is 12.8. The molecule has 1 amide bonds. The molecule has 2 aromatic carbocycles. The predicted molar refractivity (Wildman–Crippen MR) is 126 cm³/mol. The Bertz CT molecular complexity index is 1320. The average Bonchev–Trinajstić information content (AvgIpc) is 3.54. The number of hydrogen-bond donors (Lipinski definition) is 4. The van der Waals surface area contributed by atoms with E-state index in [1.807, 2.05) is 55.5 Å². The summed E-state index contributed by atoms with van der Waals surface area (Å²) in [4.78, 5) is 24.8. The molecule has 4 N–H and O–H groups in total. The summed E-state index contributed by atoms with van der Waals surface area (Å²) in [5.74, 6) is 1.45. The molecule has 1 unspecified atom stereocenters. The monoisotopic (exact) mass is 457 g/mol. The molecule has 9 nitrogen and oxygen atoms in total. The quantitative estimate of drug-likeness (QED) is 0.334. The molecule has 5 rings (SSSR count). The first kappa shape index (κ1) is 21.5. The smallest absolute Gasteiger partial charge is 0.268 e. The van der Waals surface area contributed by atoms with Gasteiger partial charge in [0.2, 0.25) is 12.7 Å². The zero-order valence-corrected chi connectivity index (χ0v) is 18.4. The molecular weight excluding hydrogens is 434 g/mol. The number of aromatic nitrogens is 3. The molecule has 1 atom stereocenters. The molecule has 0 fully saturated rings. The van der Waals surface area contributed by atoms with Crippen molar-refractivity contribution in [1.82, 2.24) is 20.3 Å². The number of aromatic amines is 1. The third-order valence-corrected chi connectivity index (χ3v) is 5.49. The average molecular weight is 457 g/mol. The molecule has 0 radical (unpaired) electrons. The molecule has 0 spiro atoms. The zero-order chi connectivity index (χ0) is 23.5. The number of nitrogens with zero attached hydrogens (tertiary/aromatic N) is 2. The van der Waals surface area contributed by atoms with Crippen LogP contribution in [-0.2, 0) is 0 Å². The van der Waals surface area contributed by atoms with Crippen molar-refractivity contribution in [2.45, 2.75) is 13.0 Å². The molecule has 9 heteroatoms. The number of anilines is 2. The van der Waals surface area contributed by atoms with E-state index >= 15 is 0 Å². The third-order valence-electron chi connectivity index (χ3n) is 5.49. The van der Waals surface area contributed by atoms with Crippen molar-refractivity contribution < 1.29 is 19.4 Å². The first-order valence-corrected chi connectivity index (χ1v) is 10.8. The number of hydrogen-bond acceptors (Lipinski definition) is 7. The summed E-state index contributed by atoms with van der Waals surface area (Å²) in [6.45, 7) is 1.91. The van der Waals surface area contributed by atoms with Gasteiger partial charge >= 0.3 is 0 Å². The number of benzene rings is 2. The van der Waals surface area contributed by atoms with Gasteiger partial charge in [0, 0.05) is 29.7 Å². The maximum Gasteiger partial charge on any atom is 0.268 e. The number of fused-ring (bicyclic) bond motifs is 1. The number of aliphatic hydroxyl groups is 1. The van der Waals surface area contributed by atoms with E-state index in [2.05, 4.69) is 25.6 Å². The van der Waals surface area contributed by atoms with E-state index < -0.39 is 6.04 Å². The van der Waals surface area contributed by atoms with E-state index in [9.17, 15) is 9.90 Å². The number of aliphatic hydroxyl groups excluding tert-OH is 1. The molecule has 0 saturated heterocycles. The predicted octanol–water partition coefficient (Wildman–Crippen LogP) is 3.72. The van der Waals surface area contributed by atoms with Crippen LogP contribution in [0.1, 0.15) is 27.7 Å². The molecule has 1 aliphatic rings. The van der Waals surface area contributed by atoms with Gasteiger partial charge in [0.25, 0.3) is 5.91 Å². The first-order chi connectivity index (χ1) is 16.6. The van der Waals surface area contributed by atoms with Crippen LogP contribution in [0, 0.1) is 6.92 Å². The molecule has 34 heavy (non-hydrogen) atoms. The molecule has 0 saturated carbocycles. The Morgan fingerprint density at radius 3 is 2.79 bits per heavy atom. The number of carbonyl (C=O) groups is 1. The maximum atomic E-state index is 12.8. The minimum atomic E-state index is -0.501. The number of amides is 1. The highest BCUT2D eigenvalue weighted by atomic mass is 16.7. The Labute approximate surface area is 195 Å². The van der Waals surface area contributed by atoms with Crippen LogP contribution in [0.25, 0.3) is 11.3 Å². The topological polar surface area (TPSA) is 121 Å². The SMILES string of the molecule is Cc1cnc(Nc2ccc3c(c2)OCO3)nc1-c1c[nH]c(C(=O)NC(CO)c2ccccc2)c1. The highest BCUT2D eigenvalue weighted by Crippen LogP contribution is 2.35. The van der Waals surface area contributed by atoms with Gasteiger partial charge in [-0.15, -0.1) is 0 Å². The van der Waals surface area contributed by atoms with Crippen LogP contribution in [0.5, 0.6) is 11.5 Å². The van der Waals surface area contributed by atoms with Crippen LogP contribution in [0.4, 0.5) is 11.6 Å². The second-order valence-corrected chi connectivity index (χ2v) is 7.84. The second-order valence-electron chi connectivity index (χ2n) is 7.84. The van der Waals surface area contributed by atoms with E-state index in [4.69, 9.17) is 9.47 Å². The zero-order valence-electron chi connectivity index (χ0n) is 18.4. The van der Waals surface area contributed by atoms with Gasteiger partial charge < -0.3 is 30.2 Å². The van der Waals surface area contributed by atoms with Gasteiger partial charge in [0.05, 0.1) is 18.3 Å². The molecule has 1 aliphatic heterocycles. The lowest BCUT2D eigenvalue weighted by Crippen LogP contribution is -2.30. The van der Waals surface area contributed by atoms with Crippen LogP contribution in [0.3, 0.4) is 0 Å². The van der Waals surface area contributed by atoms with Gasteiger partial charge in [0.1, 0.15) is 5.69 Å². The van der Waals surface area contributed by atoms with Gasteiger partial charge in [-0.3, -0.25) is 4.79 Å².